The first-order valence-corrected chi connectivity index (χ1v) is 5.81. The van der Waals surface area contributed by atoms with Gasteiger partial charge in [-0.25, -0.2) is 4.39 Å². The van der Waals surface area contributed by atoms with Crippen LogP contribution in [0, 0.1) is 11.9 Å². The Kier molecular flexibility index (Phi) is 4.17. The second kappa shape index (κ2) is 5.86. The maximum Gasteiger partial charge on any atom is 0.417 e. The Labute approximate surface area is 113 Å². The smallest absolute Gasteiger partial charge is 0.260 e. The number of aromatic nitrogens is 1. The fraction of sp³-hybridized carbons (Fsp3) is 0.133. The van der Waals surface area contributed by atoms with E-state index in [1.807, 2.05) is 0 Å². The Morgan fingerprint density at radius 3 is 2.45 bits per heavy atom. The van der Waals surface area contributed by atoms with Gasteiger partial charge in [-0.2, -0.15) is 13.2 Å². The van der Waals surface area contributed by atoms with Crippen LogP contribution in [0.15, 0.2) is 42.6 Å². The van der Waals surface area contributed by atoms with Gasteiger partial charge in [-0.05, 0) is 23.8 Å². The maximum absolute atomic E-state index is 12.7. The van der Waals surface area contributed by atoms with Crippen molar-refractivity contribution in [2.24, 2.45) is 0 Å². The van der Waals surface area contributed by atoms with Crippen molar-refractivity contribution in [2.75, 3.05) is 0 Å². The van der Waals surface area contributed by atoms with E-state index in [0.29, 0.717) is 0 Å². The highest BCUT2D eigenvalue weighted by atomic mass is 19.4. The summed E-state index contributed by atoms with van der Waals surface area (Å²) in [5, 5.41) is 0. The molecule has 0 saturated heterocycles. The van der Waals surface area contributed by atoms with Crippen LogP contribution in [0.2, 0.25) is 0 Å². The monoisotopic (exact) mass is 280 g/mol. The SMILES string of the molecule is Fc1ccc(C=CCc2[c]c(C(F)(F)F)ccn2)cc1. The molecular formula is C15H10F4N. The van der Waals surface area contributed by atoms with E-state index in [4.69, 9.17) is 0 Å². The highest BCUT2D eigenvalue weighted by Gasteiger charge is 2.30. The minimum Gasteiger partial charge on any atom is -0.260 e. The number of rotatable bonds is 3. The molecule has 5 heteroatoms. The highest BCUT2D eigenvalue weighted by Crippen LogP contribution is 2.28. The number of nitrogens with zero attached hydrogens (tertiary/aromatic N) is 1. The summed E-state index contributed by atoms with van der Waals surface area (Å²) < 4.78 is 50.1. The van der Waals surface area contributed by atoms with E-state index < -0.39 is 11.7 Å². The molecule has 0 fully saturated rings. The van der Waals surface area contributed by atoms with Gasteiger partial charge in [-0.3, -0.25) is 4.98 Å². The molecule has 1 radical (unpaired) electrons. The third-order valence-electron chi connectivity index (χ3n) is 2.55. The minimum absolute atomic E-state index is 0.207. The number of allylic oxidation sites excluding steroid dienone is 1. The van der Waals surface area contributed by atoms with E-state index in [1.165, 1.54) is 12.1 Å². The Morgan fingerprint density at radius 1 is 1.10 bits per heavy atom. The fourth-order valence-corrected chi connectivity index (χ4v) is 1.58. The Bertz CT molecular complexity index is 600. The van der Waals surface area contributed by atoms with Crippen molar-refractivity contribution < 1.29 is 17.6 Å². The van der Waals surface area contributed by atoms with Crippen molar-refractivity contribution >= 4 is 6.08 Å². The molecule has 0 saturated carbocycles. The molecule has 0 spiro atoms. The number of pyridine rings is 1. The summed E-state index contributed by atoms with van der Waals surface area (Å²) in [6, 6.07) is 8.90. The van der Waals surface area contributed by atoms with Crippen LogP contribution < -0.4 is 0 Å². The van der Waals surface area contributed by atoms with Crippen LogP contribution in [-0.4, -0.2) is 4.98 Å². The van der Waals surface area contributed by atoms with Crippen LogP contribution >= 0.6 is 0 Å². The standard InChI is InChI=1S/C15H10F4N/c16-13-6-4-11(5-7-13)2-1-3-14-10-12(8-9-20-14)15(17,18)19/h1-2,4-9H,3H2. The predicted octanol–water partition coefficient (Wildman–Crippen LogP) is 4.30. The maximum atomic E-state index is 12.7. The molecule has 0 aliphatic heterocycles. The molecule has 0 bridgehead atoms. The third kappa shape index (κ3) is 3.91. The lowest BCUT2D eigenvalue weighted by atomic mass is 10.1. The molecule has 0 atom stereocenters. The van der Waals surface area contributed by atoms with Gasteiger partial charge in [0.05, 0.1) is 11.3 Å². The van der Waals surface area contributed by atoms with E-state index in [2.05, 4.69) is 11.1 Å². The lowest BCUT2D eigenvalue weighted by Crippen LogP contribution is -2.06. The lowest BCUT2D eigenvalue weighted by molar-refractivity contribution is -0.137. The summed E-state index contributed by atoms with van der Waals surface area (Å²) in [4.78, 5) is 3.83. The first kappa shape index (κ1) is 14.2. The largest absolute Gasteiger partial charge is 0.417 e. The Balaban J connectivity index is 2.05. The zero-order valence-corrected chi connectivity index (χ0v) is 10.3. The molecule has 2 aromatic rings. The van der Waals surface area contributed by atoms with E-state index in [9.17, 15) is 17.6 Å². The Morgan fingerprint density at radius 2 is 1.80 bits per heavy atom. The molecule has 0 aliphatic rings. The molecule has 0 N–H and O–H groups in total. The van der Waals surface area contributed by atoms with Crippen LogP contribution in [0.3, 0.4) is 0 Å². The van der Waals surface area contributed by atoms with Crippen LogP contribution in [0.1, 0.15) is 16.8 Å². The molecular weight excluding hydrogens is 270 g/mol. The van der Waals surface area contributed by atoms with E-state index in [-0.39, 0.29) is 17.9 Å². The first-order chi connectivity index (χ1) is 9.45. The van der Waals surface area contributed by atoms with Crippen LogP contribution in [0.25, 0.3) is 6.08 Å². The zero-order valence-electron chi connectivity index (χ0n) is 10.3. The molecule has 1 heterocycles. The summed E-state index contributed by atoms with van der Waals surface area (Å²) in [5.74, 6) is -0.338. The van der Waals surface area contributed by atoms with E-state index in [1.54, 1.807) is 24.3 Å². The number of benzene rings is 1. The van der Waals surface area contributed by atoms with Crippen molar-refractivity contribution in [2.45, 2.75) is 12.6 Å². The molecule has 1 aromatic heterocycles. The average molecular weight is 280 g/mol. The summed E-state index contributed by atoms with van der Waals surface area (Å²) in [6.07, 6.45) is 0.265. The van der Waals surface area contributed by atoms with Gasteiger partial charge in [0, 0.05) is 18.7 Å². The second-order valence-electron chi connectivity index (χ2n) is 4.09. The number of halogens is 4. The highest BCUT2D eigenvalue weighted by molar-refractivity contribution is 5.49. The second-order valence-corrected chi connectivity index (χ2v) is 4.09. The van der Waals surface area contributed by atoms with Crippen LogP contribution in [0.5, 0.6) is 0 Å². The molecule has 103 valence electrons. The first-order valence-electron chi connectivity index (χ1n) is 5.81. The van der Waals surface area contributed by atoms with Crippen LogP contribution in [0.4, 0.5) is 17.6 Å². The molecule has 0 aliphatic carbocycles. The third-order valence-corrected chi connectivity index (χ3v) is 2.55. The number of hydrogen-bond acceptors (Lipinski definition) is 1. The van der Waals surface area contributed by atoms with Crippen molar-refractivity contribution in [3.63, 3.8) is 0 Å². The summed E-state index contributed by atoms with van der Waals surface area (Å²) in [6.45, 7) is 0. The lowest BCUT2D eigenvalue weighted by Gasteiger charge is -2.06. The van der Waals surface area contributed by atoms with Gasteiger partial charge < -0.3 is 0 Å². The zero-order chi connectivity index (χ0) is 14.6. The number of hydrogen-bond donors (Lipinski definition) is 0. The molecule has 20 heavy (non-hydrogen) atoms. The van der Waals surface area contributed by atoms with Crippen molar-refractivity contribution in [3.8, 4) is 0 Å². The summed E-state index contributed by atoms with van der Waals surface area (Å²) in [5.41, 5.74) is 0.134. The van der Waals surface area contributed by atoms with Crippen molar-refractivity contribution in [1.29, 1.82) is 0 Å². The molecule has 1 nitrogen and oxygen atoms in total. The topological polar surface area (TPSA) is 12.9 Å². The molecule has 0 amide bonds. The van der Waals surface area contributed by atoms with Gasteiger partial charge in [0.15, 0.2) is 0 Å². The molecule has 0 unspecified atom stereocenters. The van der Waals surface area contributed by atoms with Gasteiger partial charge >= 0.3 is 6.18 Å². The van der Waals surface area contributed by atoms with Crippen molar-refractivity contribution in [1.82, 2.24) is 4.98 Å². The van der Waals surface area contributed by atoms with E-state index in [0.717, 1.165) is 17.8 Å². The van der Waals surface area contributed by atoms with Gasteiger partial charge in [-0.15, -0.1) is 0 Å². The predicted molar refractivity (Wildman–Crippen MR) is 67.2 cm³/mol. The minimum atomic E-state index is -4.42. The molecule has 1 aromatic carbocycles. The quantitative estimate of drug-likeness (QED) is 0.764. The van der Waals surface area contributed by atoms with Gasteiger partial charge in [-0.1, -0.05) is 24.3 Å². The average Bonchev–Trinajstić information content (AvgIpc) is 2.40. The normalized spacial score (nSPS) is 12.0. The van der Waals surface area contributed by atoms with E-state index >= 15 is 0 Å². The summed E-state index contributed by atoms with van der Waals surface area (Å²) in [7, 11) is 0. The van der Waals surface area contributed by atoms with Gasteiger partial charge in [0.2, 0.25) is 0 Å². The van der Waals surface area contributed by atoms with Crippen molar-refractivity contribution in [3.05, 3.63) is 71.3 Å². The molecule has 2 rings (SSSR count). The van der Waals surface area contributed by atoms with Gasteiger partial charge in [0.1, 0.15) is 5.82 Å². The van der Waals surface area contributed by atoms with Crippen LogP contribution in [-0.2, 0) is 12.6 Å². The fourth-order valence-electron chi connectivity index (χ4n) is 1.58. The Hall–Kier alpha value is -2.17. The summed E-state index contributed by atoms with van der Waals surface area (Å²) >= 11 is 0. The number of alkyl halides is 3. The van der Waals surface area contributed by atoms with Gasteiger partial charge in [0.25, 0.3) is 0 Å².